The van der Waals surface area contributed by atoms with Gasteiger partial charge < -0.3 is 24.4 Å². The molecular weight excluding hydrogens is 428 g/mol. The molecule has 0 saturated carbocycles. The lowest BCUT2D eigenvalue weighted by atomic mass is 9.79. The number of rotatable bonds is 9. The molecule has 7 nitrogen and oxygen atoms in total. The van der Waals surface area contributed by atoms with Gasteiger partial charge in [-0.05, 0) is 48.1 Å². The maximum absolute atomic E-state index is 13.5. The summed E-state index contributed by atoms with van der Waals surface area (Å²) in [7, 11) is 6.44. The Labute approximate surface area is 193 Å². The lowest BCUT2D eigenvalue weighted by molar-refractivity contribution is -0.124. The van der Waals surface area contributed by atoms with Crippen LogP contribution in [-0.4, -0.2) is 64.5 Å². The minimum absolute atomic E-state index is 0.145. The lowest BCUT2D eigenvalue weighted by Gasteiger charge is -2.40. The van der Waals surface area contributed by atoms with Gasteiger partial charge in [0.25, 0.3) is 5.91 Å². The summed E-state index contributed by atoms with van der Waals surface area (Å²) in [6, 6.07) is 10.9. The van der Waals surface area contributed by atoms with E-state index < -0.39 is 12.0 Å². The monoisotopic (exact) mass is 458 g/mol. The fraction of sp³-hybridized carbons (Fsp3) is 0.417. The van der Waals surface area contributed by atoms with Crippen molar-refractivity contribution in [2.24, 2.45) is 0 Å². The van der Waals surface area contributed by atoms with E-state index in [1.165, 1.54) is 7.11 Å². The topological polar surface area (TPSA) is 77.1 Å². The lowest BCUT2D eigenvalue weighted by Crippen LogP contribution is -2.46. The van der Waals surface area contributed by atoms with Gasteiger partial charge in [-0.3, -0.25) is 9.59 Å². The first-order chi connectivity index (χ1) is 15.5. The number of thioether (sulfide) groups is 1. The number of nitrogens with one attached hydrogen (secondary N) is 1. The number of methoxy groups -OCH3 is 3. The minimum atomic E-state index is -0.602. The number of hydrogen-bond donors (Lipinski definition) is 1. The van der Waals surface area contributed by atoms with Crippen LogP contribution in [0.2, 0.25) is 0 Å². The van der Waals surface area contributed by atoms with E-state index in [1.807, 2.05) is 30.5 Å². The molecule has 2 atom stereocenters. The van der Waals surface area contributed by atoms with E-state index >= 15 is 0 Å². The number of amides is 2. The molecule has 2 aromatic carbocycles. The summed E-state index contributed by atoms with van der Waals surface area (Å²) in [4.78, 5) is 29.6. The molecule has 2 aromatic rings. The number of carbonyl (C=O) groups is 2. The molecule has 1 N–H and O–H groups in total. The van der Waals surface area contributed by atoms with Crippen LogP contribution in [0.3, 0.4) is 0 Å². The molecule has 1 heterocycles. The van der Waals surface area contributed by atoms with E-state index in [-0.39, 0.29) is 11.8 Å². The third-order valence-corrected chi connectivity index (χ3v) is 6.48. The first kappa shape index (κ1) is 23.9. The molecule has 0 saturated heterocycles. The Morgan fingerprint density at radius 2 is 1.75 bits per heavy atom. The van der Waals surface area contributed by atoms with Crippen LogP contribution in [0, 0.1) is 0 Å². The number of ether oxygens (including phenoxy) is 3. The van der Waals surface area contributed by atoms with E-state index in [9.17, 15) is 9.59 Å². The molecular formula is C24H30N2O5S. The van der Waals surface area contributed by atoms with Crippen molar-refractivity contribution >= 4 is 23.6 Å². The Balaban J connectivity index is 2.10. The van der Waals surface area contributed by atoms with E-state index in [0.29, 0.717) is 42.2 Å². The van der Waals surface area contributed by atoms with Crippen LogP contribution in [0.25, 0.3) is 0 Å². The minimum Gasteiger partial charge on any atom is -0.493 e. The van der Waals surface area contributed by atoms with Gasteiger partial charge in [0.1, 0.15) is 0 Å². The van der Waals surface area contributed by atoms with Crippen LogP contribution in [-0.2, 0) is 9.53 Å². The highest BCUT2D eigenvalue weighted by atomic mass is 32.2. The van der Waals surface area contributed by atoms with Crippen LogP contribution in [0.4, 0.5) is 0 Å². The highest BCUT2D eigenvalue weighted by molar-refractivity contribution is 7.98. The SMILES string of the molecule is COCCCNC(=O)[C@@H]1c2cc(OC)c(OC)cc2C(=O)N(C)[C@H]1c1ccc(SC)cc1. The largest absolute Gasteiger partial charge is 0.493 e. The van der Waals surface area contributed by atoms with Crippen molar-refractivity contribution in [3.8, 4) is 11.5 Å². The van der Waals surface area contributed by atoms with Gasteiger partial charge in [0.2, 0.25) is 5.91 Å². The van der Waals surface area contributed by atoms with Crippen molar-refractivity contribution in [1.82, 2.24) is 10.2 Å². The van der Waals surface area contributed by atoms with Gasteiger partial charge in [-0.1, -0.05) is 12.1 Å². The number of benzene rings is 2. The predicted octanol–water partition coefficient (Wildman–Crippen LogP) is 3.49. The quantitative estimate of drug-likeness (QED) is 0.458. The fourth-order valence-electron chi connectivity index (χ4n) is 4.09. The summed E-state index contributed by atoms with van der Waals surface area (Å²) < 4.78 is 16.0. The van der Waals surface area contributed by atoms with Crippen LogP contribution in [0.1, 0.15) is 39.9 Å². The molecule has 0 bridgehead atoms. The van der Waals surface area contributed by atoms with Crippen molar-refractivity contribution in [2.45, 2.75) is 23.3 Å². The van der Waals surface area contributed by atoms with Crippen molar-refractivity contribution in [1.29, 1.82) is 0 Å². The summed E-state index contributed by atoms with van der Waals surface area (Å²) in [6.45, 7) is 1.05. The molecule has 0 radical (unpaired) electrons. The van der Waals surface area contributed by atoms with Gasteiger partial charge in [0.05, 0.1) is 26.2 Å². The van der Waals surface area contributed by atoms with Gasteiger partial charge in [0.15, 0.2) is 11.5 Å². The van der Waals surface area contributed by atoms with Crippen LogP contribution < -0.4 is 14.8 Å². The third kappa shape index (κ3) is 4.71. The summed E-state index contributed by atoms with van der Waals surface area (Å²) in [6.07, 6.45) is 2.72. The van der Waals surface area contributed by atoms with Gasteiger partial charge in [0, 0.05) is 37.8 Å². The van der Waals surface area contributed by atoms with Crippen molar-refractivity contribution < 1.29 is 23.8 Å². The zero-order chi connectivity index (χ0) is 23.3. The number of fused-ring (bicyclic) bond motifs is 1. The first-order valence-electron chi connectivity index (χ1n) is 10.4. The van der Waals surface area contributed by atoms with Crippen LogP contribution in [0.5, 0.6) is 11.5 Å². The molecule has 1 aliphatic rings. The summed E-state index contributed by atoms with van der Waals surface area (Å²) >= 11 is 1.64. The van der Waals surface area contributed by atoms with E-state index in [1.54, 1.807) is 50.1 Å². The molecule has 32 heavy (non-hydrogen) atoms. The zero-order valence-electron chi connectivity index (χ0n) is 19.1. The smallest absolute Gasteiger partial charge is 0.254 e. The fourth-order valence-corrected chi connectivity index (χ4v) is 4.50. The number of carbonyl (C=O) groups excluding carboxylic acids is 2. The summed E-state index contributed by atoms with van der Waals surface area (Å²) in [5.74, 6) is 0.0265. The Bertz CT molecular complexity index is 964. The van der Waals surface area contributed by atoms with Crippen molar-refractivity contribution in [2.75, 3.05) is 47.8 Å². The Morgan fingerprint density at radius 1 is 1.09 bits per heavy atom. The number of likely N-dealkylation sites (N-methyl/N-ethyl adjacent to an activating group) is 1. The second-order valence-corrected chi connectivity index (χ2v) is 8.42. The molecule has 0 aromatic heterocycles. The molecule has 0 spiro atoms. The molecule has 172 valence electrons. The third-order valence-electron chi connectivity index (χ3n) is 5.74. The molecule has 0 aliphatic carbocycles. The number of nitrogens with zero attached hydrogens (tertiary/aromatic N) is 1. The number of hydrogen-bond acceptors (Lipinski definition) is 6. The van der Waals surface area contributed by atoms with Gasteiger partial charge in [-0.2, -0.15) is 0 Å². The summed E-state index contributed by atoms with van der Waals surface area (Å²) in [5.41, 5.74) is 1.98. The summed E-state index contributed by atoms with van der Waals surface area (Å²) in [5, 5.41) is 3.02. The zero-order valence-corrected chi connectivity index (χ0v) is 20.0. The molecule has 2 amide bonds. The molecule has 0 unspecified atom stereocenters. The van der Waals surface area contributed by atoms with Gasteiger partial charge in [-0.25, -0.2) is 0 Å². The average molecular weight is 459 g/mol. The highest BCUT2D eigenvalue weighted by Crippen LogP contribution is 2.45. The van der Waals surface area contributed by atoms with E-state index in [2.05, 4.69) is 5.32 Å². The normalized spacial score (nSPS) is 17.7. The average Bonchev–Trinajstić information content (AvgIpc) is 2.83. The second-order valence-electron chi connectivity index (χ2n) is 7.54. The second kappa shape index (κ2) is 10.7. The van der Waals surface area contributed by atoms with Crippen molar-refractivity contribution in [3.63, 3.8) is 0 Å². The van der Waals surface area contributed by atoms with Crippen molar-refractivity contribution in [3.05, 3.63) is 53.1 Å². The molecule has 3 rings (SSSR count). The predicted molar refractivity (Wildman–Crippen MR) is 125 cm³/mol. The Kier molecular flexibility index (Phi) is 8.04. The van der Waals surface area contributed by atoms with Crippen LogP contribution in [0.15, 0.2) is 41.3 Å². The van der Waals surface area contributed by atoms with E-state index in [4.69, 9.17) is 14.2 Å². The Morgan fingerprint density at radius 3 is 2.34 bits per heavy atom. The Hall–Kier alpha value is -2.71. The molecule has 1 aliphatic heterocycles. The van der Waals surface area contributed by atoms with Gasteiger partial charge in [-0.15, -0.1) is 11.8 Å². The van der Waals surface area contributed by atoms with E-state index in [0.717, 1.165) is 10.5 Å². The van der Waals surface area contributed by atoms with Gasteiger partial charge >= 0.3 is 0 Å². The standard InChI is InChI=1S/C24H30N2O5S/c1-26-22(15-7-9-16(32-5)10-8-15)21(23(27)25-11-6-12-29-2)17-13-19(30-3)20(31-4)14-18(17)24(26)28/h7-10,13-14,21-22H,6,11-12H2,1-5H3,(H,25,27)/t21-,22+/m1/s1. The maximum atomic E-state index is 13.5. The molecule has 0 fully saturated rings. The molecule has 8 heteroatoms. The highest BCUT2D eigenvalue weighted by Gasteiger charge is 2.43. The van der Waals surface area contributed by atoms with Crippen LogP contribution >= 0.6 is 11.8 Å². The maximum Gasteiger partial charge on any atom is 0.254 e. The first-order valence-corrected chi connectivity index (χ1v) is 11.6.